The molecule has 2 aromatic heterocycles. The lowest BCUT2D eigenvalue weighted by atomic mass is 10.2. The fourth-order valence-electron chi connectivity index (χ4n) is 2.50. The van der Waals surface area contributed by atoms with Crippen LogP contribution in [0, 0.1) is 15.9 Å². The topological polar surface area (TPSA) is 102 Å². The van der Waals surface area contributed by atoms with Crippen LogP contribution in [0.3, 0.4) is 0 Å². The minimum absolute atomic E-state index is 0.0856. The second-order valence-corrected chi connectivity index (χ2v) is 7.83. The number of hydrogen-bond acceptors (Lipinski definition) is 7. The molecular formula is C19H10BrFN4O4S. The summed E-state index contributed by atoms with van der Waals surface area (Å²) in [6.45, 7) is 0. The third kappa shape index (κ3) is 4.11. The van der Waals surface area contributed by atoms with Crippen LogP contribution < -0.4 is 5.01 Å². The van der Waals surface area contributed by atoms with Crippen LogP contribution in [0.15, 0.2) is 68.6 Å². The van der Waals surface area contributed by atoms with E-state index in [9.17, 15) is 19.3 Å². The number of halogens is 2. The number of hydrazone groups is 1. The number of nitrogens with zero attached hydrogens (tertiary/aromatic N) is 4. The van der Waals surface area contributed by atoms with Gasteiger partial charge in [-0.3, -0.25) is 14.9 Å². The summed E-state index contributed by atoms with van der Waals surface area (Å²) in [5.74, 6) is -1.27. The summed E-state index contributed by atoms with van der Waals surface area (Å²) in [4.78, 5) is 27.5. The molecule has 2 heterocycles. The molecule has 150 valence electrons. The Balaban J connectivity index is 1.74. The van der Waals surface area contributed by atoms with Crippen LogP contribution in [0.1, 0.15) is 16.1 Å². The average Bonchev–Trinajstić information content (AvgIpc) is 3.35. The van der Waals surface area contributed by atoms with Crippen molar-refractivity contribution in [3.63, 3.8) is 0 Å². The summed E-state index contributed by atoms with van der Waals surface area (Å²) in [6.07, 6.45) is 1.18. The fraction of sp³-hybridized carbons (Fsp3) is 0. The lowest BCUT2D eigenvalue weighted by Crippen LogP contribution is -2.25. The van der Waals surface area contributed by atoms with Crippen molar-refractivity contribution in [2.45, 2.75) is 0 Å². The monoisotopic (exact) mass is 488 g/mol. The third-order valence-electron chi connectivity index (χ3n) is 3.90. The van der Waals surface area contributed by atoms with Gasteiger partial charge in [-0.1, -0.05) is 27.3 Å². The molecule has 0 aliphatic rings. The smallest absolute Gasteiger partial charge is 0.400 e. The van der Waals surface area contributed by atoms with Crippen molar-refractivity contribution in [3.8, 4) is 0 Å². The van der Waals surface area contributed by atoms with Crippen LogP contribution >= 0.6 is 27.3 Å². The minimum atomic E-state index is -0.676. The summed E-state index contributed by atoms with van der Waals surface area (Å²) >= 11 is 4.40. The van der Waals surface area contributed by atoms with Gasteiger partial charge in [0, 0.05) is 10.0 Å². The first kappa shape index (κ1) is 19.9. The number of thiazole rings is 1. The molecule has 4 rings (SSSR count). The number of hydrogen-bond donors (Lipinski definition) is 0. The van der Waals surface area contributed by atoms with E-state index in [1.165, 1.54) is 36.5 Å². The van der Waals surface area contributed by atoms with E-state index in [2.05, 4.69) is 26.0 Å². The number of benzene rings is 2. The lowest BCUT2D eigenvalue weighted by molar-refractivity contribution is -0.402. The first-order chi connectivity index (χ1) is 14.4. The van der Waals surface area contributed by atoms with Crippen LogP contribution in [-0.2, 0) is 0 Å². The third-order valence-corrected chi connectivity index (χ3v) is 5.42. The van der Waals surface area contributed by atoms with Gasteiger partial charge in [0.15, 0.2) is 5.76 Å². The zero-order chi connectivity index (χ0) is 21.3. The molecule has 4 aromatic rings. The fourth-order valence-corrected chi connectivity index (χ4v) is 3.72. The van der Waals surface area contributed by atoms with E-state index in [0.29, 0.717) is 15.8 Å². The zero-order valence-electron chi connectivity index (χ0n) is 14.9. The van der Waals surface area contributed by atoms with Crippen molar-refractivity contribution in [3.05, 3.63) is 86.3 Å². The van der Waals surface area contributed by atoms with E-state index in [1.807, 2.05) is 0 Å². The molecule has 0 saturated carbocycles. The highest BCUT2D eigenvalue weighted by molar-refractivity contribution is 9.10. The van der Waals surface area contributed by atoms with Crippen molar-refractivity contribution >= 4 is 60.6 Å². The molecule has 1 amide bonds. The summed E-state index contributed by atoms with van der Waals surface area (Å²) < 4.78 is 19.9. The zero-order valence-corrected chi connectivity index (χ0v) is 17.3. The maximum Gasteiger partial charge on any atom is 0.433 e. The van der Waals surface area contributed by atoms with Crippen molar-refractivity contribution in [2.75, 3.05) is 5.01 Å². The van der Waals surface area contributed by atoms with E-state index < -0.39 is 22.5 Å². The Bertz CT molecular complexity index is 1290. The maximum atomic E-state index is 13.5. The molecule has 11 heteroatoms. The molecule has 0 unspecified atom stereocenters. The maximum absolute atomic E-state index is 13.5. The SMILES string of the molecule is O=C(c1ccc(Br)cc1)N(/N=C/c1ccc([N+](=O)[O-])o1)c1nc2ccc(F)cc2s1. The van der Waals surface area contributed by atoms with Crippen LogP contribution in [0.4, 0.5) is 15.4 Å². The van der Waals surface area contributed by atoms with E-state index >= 15 is 0 Å². The van der Waals surface area contributed by atoms with Crippen molar-refractivity contribution in [2.24, 2.45) is 5.10 Å². The highest BCUT2D eigenvalue weighted by Crippen LogP contribution is 2.31. The lowest BCUT2D eigenvalue weighted by Gasteiger charge is -2.13. The predicted molar refractivity (Wildman–Crippen MR) is 113 cm³/mol. The number of rotatable bonds is 5. The molecule has 0 fully saturated rings. The van der Waals surface area contributed by atoms with E-state index in [-0.39, 0.29) is 10.9 Å². The minimum Gasteiger partial charge on any atom is -0.400 e. The highest BCUT2D eigenvalue weighted by Gasteiger charge is 2.21. The Morgan fingerprint density at radius 3 is 2.70 bits per heavy atom. The summed E-state index contributed by atoms with van der Waals surface area (Å²) in [7, 11) is 0. The number of fused-ring (bicyclic) bond motifs is 1. The van der Waals surface area contributed by atoms with Gasteiger partial charge in [0.25, 0.3) is 5.91 Å². The molecule has 0 saturated heterocycles. The summed E-state index contributed by atoms with van der Waals surface area (Å²) in [5.41, 5.74) is 0.847. The van der Waals surface area contributed by atoms with Crippen LogP contribution in [0.2, 0.25) is 0 Å². The summed E-state index contributed by atoms with van der Waals surface area (Å²) in [6, 6.07) is 13.3. The number of nitro groups is 1. The first-order valence-electron chi connectivity index (χ1n) is 8.35. The molecule has 8 nitrogen and oxygen atoms in total. The quantitative estimate of drug-likeness (QED) is 0.213. The second kappa shape index (κ2) is 8.13. The molecule has 2 aromatic carbocycles. The number of carbonyl (C=O) groups is 1. The van der Waals surface area contributed by atoms with Crippen LogP contribution in [0.25, 0.3) is 10.2 Å². The largest absolute Gasteiger partial charge is 0.433 e. The van der Waals surface area contributed by atoms with Gasteiger partial charge in [0.05, 0.1) is 22.5 Å². The predicted octanol–water partition coefficient (Wildman–Crippen LogP) is 5.38. The molecule has 30 heavy (non-hydrogen) atoms. The number of aromatic nitrogens is 1. The van der Waals surface area contributed by atoms with Gasteiger partial charge in [-0.25, -0.2) is 9.37 Å². The normalized spacial score (nSPS) is 11.3. The molecular weight excluding hydrogens is 479 g/mol. The number of furan rings is 1. The Morgan fingerprint density at radius 2 is 2.00 bits per heavy atom. The standard InChI is InChI=1S/C19H10BrFN4O4S/c20-12-3-1-11(2-4-12)18(26)24(22-10-14-6-8-17(29-14)25(27)28)19-23-15-7-5-13(21)9-16(15)30-19/h1-10H/b22-10+. The van der Waals surface area contributed by atoms with E-state index in [0.717, 1.165) is 20.8 Å². The van der Waals surface area contributed by atoms with Gasteiger partial charge in [0.1, 0.15) is 10.7 Å². The van der Waals surface area contributed by atoms with Crippen molar-refractivity contribution < 1.29 is 18.5 Å². The Kier molecular flexibility index (Phi) is 5.38. The molecule has 0 atom stereocenters. The Morgan fingerprint density at radius 1 is 1.23 bits per heavy atom. The summed E-state index contributed by atoms with van der Waals surface area (Å²) in [5, 5.41) is 16.2. The van der Waals surface area contributed by atoms with Gasteiger partial charge >= 0.3 is 5.88 Å². The van der Waals surface area contributed by atoms with Crippen LogP contribution in [0.5, 0.6) is 0 Å². The molecule has 0 N–H and O–H groups in total. The highest BCUT2D eigenvalue weighted by atomic mass is 79.9. The van der Waals surface area contributed by atoms with E-state index in [4.69, 9.17) is 4.42 Å². The molecule has 0 aliphatic carbocycles. The van der Waals surface area contributed by atoms with Gasteiger partial charge < -0.3 is 4.42 Å². The number of amides is 1. The number of carbonyl (C=O) groups excluding carboxylic acids is 1. The van der Waals surface area contributed by atoms with E-state index in [1.54, 1.807) is 24.3 Å². The Labute approximate surface area is 180 Å². The van der Waals surface area contributed by atoms with Gasteiger partial charge in [-0.05, 0) is 48.5 Å². The second-order valence-electron chi connectivity index (χ2n) is 5.91. The van der Waals surface area contributed by atoms with Crippen molar-refractivity contribution in [1.29, 1.82) is 0 Å². The molecule has 0 bridgehead atoms. The van der Waals surface area contributed by atoms with Gasteiger partial charge in [-0.15, -0.1) is 0 Å². The molecule has 0 spiro atoms. The van der Waals surface area contributed by atoms with Crippen molar-refractivity contribution in [1.82, 2.24) is 4.98 Å². The molecule has 0 radical (unpaired) electrons. The molecule has 0 aliphatic heterocycles. The number of anilines is 1. The van der Waals surface area contributed by atoms with Gasteiger partial charge in [0.2, 0.25) is 5.13 Å². The first-order valence-corrected chi connectivity index (χ1v) is 9.96. The van der Waals surface area contributed by atoms with Gasteiger partial charge in [-0.2, -0.15) is 10.1 Å². The van der Waals surface area contributed by atoms with Crippen LogP contribution in [-0.4, -0.2) is 22.0 Å². The Hall–Kier alpha value is -3.44. The average molecular weight is 489 g/mol.